The molecule has 0 bridgehead atoms. The zero-order valence-electron chi connectivity index (χ0n) is 12.1. The molecule has 114 valence electrons. The van der Waals surface area contributed by atoms with Crippen LogP contribution in [0.3, 0.4) is 0 Å². The normalized spacial score (nSPS) is 10.0. The number of carbonyl (C=O) groups is 1. The van der Waals surface area contributed by atoms with Gasteiger partial charge in [-0.15, -0.1) is 0 Å². The van der Waals surface area contributed by atoms with Gasteiger partial charge in [0.2, 0.25) is 0 Å². The van der Waals surface area contributed by atoms with Crippen LogP contribution in [0, 0.1) is 17.0 Å². The minimum atomic E-state index is -0.542. The molecule has 0 fully saturated rings. The minimum Gasteiger partial charge on any atom is -0.477 e. The lowest BCUT2D eigenvalue weighted by Gasteiger charge is -2.08. The zero-order valence-corrected chi connectivity index (χ0v) is 12.1. The molecule has 2 rings (SSSR count). The first-order valence-electron chi connectivity index (χ1n) is 6.75. The van der Waals surface area contributed by atoms with Crippen molar-refractivity contribution in [3.8, 4) is 5.75 Å². The van der Waals surface area contributed by atoms with Crippen molar-refractivity contribution in [3.05, 3.63) is 69.8 Å². The van der Waals surface area contributed by atoms with Crippen molar-refractivity contribution in [2.75, 3.05) is 6.61 Å². The third-order valence-electron chi connectivity index (χ3n) is 2.99. The number of ether oxygens (including phenoxy) is 1. The Labute approximate surface area is 127 Å². The highest BCUT2D eigenvalue weighted by atomic mass is 16.6. The maximum atomic E-state index is 11.7. The second-order valence-corrected chi connectivity index (χ2v) is 4.78. The van der Waals surface area contributed by atoms with Crippen LogP contribution in [-0.2, 0) is 11.3 Å². The number of nitro groups is 1. The molecule has 0 saturated carbocycles. The van der Waals surface area contributed by atoms with E-state index in [1.165, 1.54) is 12.1 Å². The van der Waals surface area contributed by atoms with Crippen LogP contribution in [0.4, 0.5) is 5.69 Å². The molecule has 0 aliphatic rings. The van der Waals surface area contributed by atoms with Crippen molar-refractivity contribution in [3.63, 3.8) is 0 Å². The standard InChI is InChI=1S/C16H16N2O4/c1-12-5-4-6-13(9-12)10-17-16(19)11-22-15-8-3-2-7-14(15)18(20)21/h2-9H,10-11H2,1H3,(H,17,19). The molecule has 0 unspecified atom stereocenters. The van der Waals surface area contributed by atoms with Gasteiger partial charge in [-0.25, -0.2) is 0 Å². The van der Waals surface area contributed by atoms with E-state index in [0.29, 0.717) is 6.54 Å². The highest BCUT2D eigenvalue weighted by Crippen LogP contribution is 2.25. The number of aryl methyl sites for hydroxylation is 1. The van der Waals surface area contributed by atoms with Crippen LogP contribution in [0.25, 0.3) is 0 Å². The third-order valence-corrected chi connectivity index (χ3v) is 2.99. The lowest BCUT2D eigenvalue weighted by molar-refractivity contribution is -0.385. The van der Waals surface area contributed by atoms with Gasteiger partial charge in [-0.1, -0.05) is 42.0 Å². The Bertz CT molecular complexity index is 685. The van der Waals surface area contributed by atoms with Crippen LogP contribution in [-0.4, -0.2) is 17.4 Å². The Morgan fingerprint density at radius 1 is 1.23 bits per heavy atom. The molecule has 0 spiro atoms. The summed E-state index contributed by atoms with van der Waals surface area (Å²) < 4.78 is 5.22. The molecule has 2 aromatic carbocycles. The Kier molecular flexibility index (Phi) is 5.08. The fourth-order valence-electron chi connectivity index (χ4n) is 1.95. The molecule has 6 nitrogen and oxygen atoms in total. The van der Waals surface area contributed by atoms with E-state index in [4.69, 9.17) is 4.74 Å². The number of nitrogens with zero attached hydrogens (tertiary/aromatic N) is 1. The zero-order chi connectivity index (χ0) is 15.9. The van der Waals surface area contributed by atoms with E-state index in [2.05, 4.69) is 5.32 Å². The lowest BCUT2D eigenvalue weighted by atomic mass is 10.1. The van der Waals surface area contributed by atoms with E-state index in [9.17, 15) is 14.9 Å². The monoisotopic (exact) mass is 300 g/mol. The number of rotatable bonds is 6. The number of amides is 1. The molecule has 1 amide bonds. The number of para-hydroxylation sites is 2. The fourth-order valence-corrected chi connectivity index (χ4v) is 1.95. The maximum Gasteiger partial charge on any atom is 0.310 e. The Morgan fingerprint density at radius 3 is 2.73 bits per heavy atom. The van der Waals surface area contributed by atoms with Crippen molar-refractivity contribution in [2.24, 2.45) is 0 Å². The summed E-state index contributed by atoms with van der Waals surface area (Å²) in [5, 5.41) is 13.5. The summed E-state index contributed by atoms with van der Waals surface area (Å²) in [6.07, 6.45) is 0. The Morgan fingerprint density at radius 2 is 2.00 bits per heavy atom. The molecule has 1 N–H and O–H groups in total. The summed E-state index contributed by atoms with van der Waals surface area (Å²) in [6.45, 7) is 2.10. The second-order valence-electron chi connectivity index (χ2n) is 4.78. The average molecular weight is 300 g/mol. The van der Waals surface area contributed by atoms with Crippen LogP contribution in [0.15, 0.2) is 48.5 Å². The van der Waals surface area contributed by atoms with Gasteiger partial charge < -0.3 is 10.1 Å². The molecule has 0 aliphatic carbocycles. The van der Waals surface area contributed by atoms with Crippen molar-refractivity contribution < 1.29 is 14.5 Å². The molecule has 0 saturated heterocycles. The Hall–Kier alpha value is -2.89. The first kappa shape index (κ1) is 15.5. The molecule has 2 aromatic rings. The van der Waals surface area contributed by atoms with E-state index in [-0.39, 0.29) is 24.0 Å². The maximum absolute atomic E-state index is 11.7. The molecular formula is C16H16N2O4. The van der Waals surface area contributed by atoms with Crippen LogP contribution < -0.4 is 10.1 Å². The summed E-state index contributed by atoms with van der Waals surface area (Å²) in [5.41, 5.74) is 1.94. The number of hydrogen-bond donors (Lipinski definition) is 1. The Balaban J connectivity index is 1.87. The molecular weight excluding hydrogens is 284 g/mol. The molecule has 0 heterocycles. The molecule has 0 radical (unpaired) electrons. The van der Waals surface area contributed by atoms with Crippen LogP contribution in [0.1, 0.15) is 11.1 Å². The van der Waals surface area contributed by atoms with E-state index in [0.717, 1.165) is 11.1 Å². The van der Waals surface area contributed by atoms with E-state index >= 15 is 0 Å². The first-order valence-corrected chi connectivity index (χ1v) is 6.75. The number of benzene rings is 2. The number of hydrogen-bond acceptors (Lipinski definition) is 4. The van der Waals surface area contributed by atoms with Gasteiger partial charge in [0.05, 0.1) is 4.92 Å². The topological polar surface area (TPSA) is 81.5 Å². The lowest BCUT2D eigenvalue weighted by Crippen LogP contribution is -2.28. The molecule has 22 heavy (non-hydrogen) atoms. The third kappa shape index (κ3) is 4.31. The molecule has 6 heteroatoms. The van der Waals surface area contributed by atoms with Crippen molar-refractivity contribution >= 4 is 11.6 Å². The molecule has 0 aliphatic heterocycles. The highest BCUT2D eigenvalue weighted by Gasteiger charge is 2.14. The fraction of sp³-hybridized carbons (Fsp3) is 0.188. The number of nitrogens with one attached hydrogen (secondary N) is 1. The van der Waals surface area contributed by atoms with Gasteiger partial charge in [-0.2, -0.15) is 0 Å². The molecule has 0 atom stereocenters. The van der Waals surface area contributed by atoms with Gasteiger partial charge in [-0.3, -0.25) is 14.9 Å². The smallest absolute Gasteiger partial charge is 0.310 e. The summed E-state index contributed by atoms with van der Waals surface area (Å²) >= 11 is 0. The van der Waals surface area contributed by atoms with Gasteiger partial charge in [-0.05, 0) is 18.6 Å². The predicted molar refractivity (Wildman–Crippen MR) is 81.6 cm³/mol. The summed E-state index contributed by atoms with van der Waals surface area (Å²) in [6, 6.07) is 13.7. The number of nitro benzene ring substituents is 1. The second kappa shape index (κ2) is 7.21. The van der Waals surface area contributed by atoms with Crippen molar-refractivity contribution in [1.82, 2.24) is 5.32 Å². The van der Waals surface area contributed by atoms with Crippen LogP contribution in [0.5, 0.6) is 5.75 Å². The van der Waals surface area contributed by atoms with Crippen LogP contribution in [0.2, 0.25) is 0 Å². The average Bonchev–Trinajstić information content (AvgIpc) is 2.51. The van der Waals surface area contributed by atoms with Gasteiger partial charge in [0.15, 0.2) is 12.4 Å². The largest absolute Gasteiger partial charge is 0.477 e. The van der Waals surface area contributed by atoms with Crippen molar-refractivity contribution in [2.45, 2.75) is 13.5 Å². The van der Waals surface area contributed by atoms with E-state index in [1.807, 2.05) is 31.2 Å². The van der Waals surface area contributed by atoms with Gasteiger partial charge in [0, 0.05) is 12.6 Å². The summed E-state index contributed by atoms with van der Waals surface area (Å²) in [4.78, 5) is 22.0. The minimum absolute atomic E-state index is 0.0817. The van der Waals surface area contributed by atoms with E-state index in [1.54, 1.807) is 12.1 Å². The van der Waals surface area contributed by atoms with Crippen LogP contribution >= 0.6 is 0 Å². The van der Waals surface area contributed by atoms with Crippen molar-refractivity contribution in [1.29, 1.82) is 0 Å². The SMILES string of the molecule is Cc1cccc(CNC(=O)COc2ccccc2[N+](=O)[O-])c1. The van der Waals surface area contributed by atoms with Gasteiger partial charge >= 0.3 is 5.69 Å². The van der Waals surface area contributed by atoms with Gasteiger partial charge in [0.25, 0.3) is 5.91 Å². The predicted octanol–water partition coefficient (Wildman–Crippen LogP) is 2.60. The molecule has 0 aromatic heterocycles. The van der Waals surface area contributed by atoms with E-state index < -0.39 is 4.92 Å². The summed E-state index contributed by atoms with van der Waals surface area (Å²) in [5.74, 6) is -0.252. The summed E-state index contributed by atoms with van der Waals surface area (Å²) in [7, 11) is 0. The number of carbonyl (C=O) groups excluding carboxylic acids is 1. The quantitative estimate of drug-likeness (QED) is 0.656. The highest BCUT2D eigenvalue weighted by molar-refractivity contribution is 5.77. The van der Waals surface area contributed by atoms with Gasteiger partial charge in [0.1, 0.15) is 0 Å². The first-order chi connectivity index (χ1) is 10.6.